The Kier molecular flexibility index (Phi) is 2.10. The minimum Gasteiger partial charge on any atom is -0.380 e. The number of hydrogen-bond acceptors (Lipinski definition) is 2. The number of carbonyl (C=O) groups excluding carboxylic acids is 1. The summed E-state index contributed by atoms with van der Waals surface area (Å²) in [5.74, 6) is 0.288. The van der Waals surface area contributed by atoms with E-state index in [1.807, 2.05) is 22.6 Å². The highest BCUT2D eigenvalue weighted by Gasteiger charge is 2.28. The highest BCUT2D eigenvalue weighted by Crippen LogP contribution is 2.31. The normalized spacial score (nSPS) is 26.2. The molecule has 2 nitrogen and oxygen atoms in total. The summed E-state index contributed by atoms with van der Waals surface area (Å²) in [6, 6.07) is 0. The largest absolute Gasteiger partial charge is 0.380 e. The van der Waals surface area contributed by atoms with E-state index in [2.05, 4.69) is 0 Å². The molecule has 1 aliphatic carbocycles. The van der Waals surface area contributed by atoms with Gasteiger partial charge in [-0.1, -0.05) is 0 Å². The fraction of sp³-hybridized carbons (Fsp3) is 0.833. The Morgan fingerprint density at radius 1 is 1.44 bits per heavy atom. The average molecular weight is 240 g/mol. The number of hydrogen-bond donors (Lipinski definition) is 1. The lowest BCUT2D eigenvalue weighted by atomic mass is 9.97. The van der Waals surface area contributed by atoms with E-state index < -0.39 is 3.61 Å². The summed E-state index contributed by atoms with van der Waals surface area (Å²) in [4.78, 5) is 10.6. The van der Waals surface area contributed by atoms with Crippen LogP contribution < -0.4 is 0 Å². The smallest absolute Gasteiger partial charge is 0.133 e. The molecule has 1 saturated carbocycles. The van der Waals surface area contributed by atoms with Gasteiger partial charge in [-0.05, 0) is 35.4 Å². The van der Waals surface area contributed by atoms with Crippen molar-refractivity contribution in [3.63, 3.8) is 0 Å². The molecule has 0 aliphatic heterocycles. The number of alkyl halides is 1. The topological polar surface area (TPSA) is 37.3 Å². The van der Waals surface area contributed by atoms with Crippen LogP contribution in [0.1, 0.15) is 25.7 Å². The summed E-state index contributed by atoms with van der Waals surface area (Å²) in [7, 11) is 0. The molecule has 0 saturated heterocycles. The summed E-state index contributed by atoms with van der Waals surface area (Å²) in [5.41, 5.74) is 0. The standard InChI is InChI=1S/C6H9IO2/c7-6(9)3-1-5(8)2-4-6/h9H,1-4H2. The molecule has 0 atom stereocenters. The Morgan fingerprint density at radius 2 is 1.89 bits per heavy atom. The van der Waals surface area contributed by atoms with Gasteiger partial charge in [0, 0.05) is 12.8 Å². The predicted molar refractivity (Wildman–Crippen MR) is 42.4 cm³/mol. The van der Waals surface area contributed by atoms with Gasteiger partial charge in [0.25, 0.3) is 0 Å². The number of ketones is 1. The Labute approximate surface area is 67.8 Å². The summed E-state index contributed by atoms with van der Waals surface area (Å²) in [6.07, 6.45) is 2.37. The number of aliphatic hydroxyl groups is 1. The van der Waals surface area contributed by atoms with Gasteiger partial charge in [-0.25, -0.2) is 0 Å². The molecule has 0 aromatic heterocycles. The first-order valence-electron chi connectivity index (χ1n) is 3.03. The zero-order chi connectivity index (χ0) is 6.91. The second-order valence-electron chi connectivity index (χ2n) is 2.46. The fourth-order valence-electron chi connectivity index (χ4n) is 0.912. The third kappa shape index (κ3) is 2.21. The molecule has 52 valence electrons. The quantitative estimate of drug-likeness (QED) is 0.511. The van der Waals surface area contributed by atoms with Crippen LogP contribution in [0.4, 0.5) is 0 Å². The third-order valence-corrected chi connectivity index (χ3v) is 2.65. The predicted octanol–water partition coefficient (Wildman–Crippen LogP) is 1.25. The van der Waals surface area contributed by atoms with Gasteiger partial charge in [-0.3, -0.25) is 4.79 Å². The summed E-state index contributed by atoms with van der Waals surface area (Å²) >= 11 is 2.00. The molecule has 0 unspecified atom stereocenters. The second-order valence-corrected chi connectivity index (χ2v) is 4.46. The van der Waals surface area contributed by atoms with E-state index in [1.165, 1.54) is 0 Å². The first kappa shape index (κ1) is 7.47. The Morgan fingerprint density at radius 3 is 2.22 bits per heavy atom. The van der Waals surface area contributed by atoms with Crippen molar-refractivity contribution in [1.82, 2.24) is 0 Å². The molecule has 1 aliphatic rings. The Bertz CT molecular complexity index is 119. The van der Waals surface area contributed by atoms with Gasteiger partial charge in [0.2, 0.25) is 0 Å². The average Bonchev–Trinajstić information content (AvgIpc) is 1.78. The fourth-order valence-corrected chi connectivity index (χ4v) is 1.45. The zero-order valence-corrected chi connectivity index (χ0v) is 7.22. The van der Waals surface area contributed by atoms with Gasteiger partial charge in [-0.2, -0.15) is 0 Å². The number of carbonyl (C=O) groups is 1. The van der Waals surface area contributed by atoms with Crippen LogP contribution in [0, 0.1) is 0 Å². The van der Waals surface area contributed by atoms with Crippen LogP contribution in [0.3, 0.4) is 0 Å². The molecular weight excluding hydrogens is 231 g/mol. The van der Waals surface area contributed by atoms with Gasteiger partial charge in [0.05, 0.1) is 0 Å². The van der Waals surface area contributed by atoms with Crippen LogP contribution in [0.25, 0.3) is 0 Å². The molecule has 0 aromatic rings. The minimum atomic E-state index is -0.592. The van der Waals surface area contributed by atoms with Crippen molar-refractivity contribution < 1.29 is 9.90 Å². The Hall–Kier alpha value is 0.360. The van der Waals surface area contributed by atoms with E-state index in [9.17, 15) is 9.90 Å². The van der Waals surface area contributed by atoms with E-state index in [4.69, 9.17) is 0 Å². The molecule has 0 radical (unpaired) electrons. The molecule has 0 heterocycles. The first-order chi connectivity index (χ1) is 4.10. The van der Waals surface area contributed by atoms with Crippen molar-refractivity contribution in [2.24, 2.45) is 0 Å². The van der Waals surface area contributed by atoms with Crippen molar-refractivity contribution in [3.05, 3.63) is 0 Å². The van der Waals surface area contributed by atoms with E-state index in [-0.39, 0.29) is 5.78 Å². The van der Waals surface area contributed by atoms with Crippen LogP contribution in [0.15, 0.2) is 0 Å². The summed E-state index contributed by atoms with van der Waals surface area (Å²) in [6.45, 7) is 0. The SMILES string of the molecule is O=C1CCC(O)(I)CC1. The first-order valence-corrected chi connectivity index (χ1v) is 4.11. The van der Waals surface area contributed by atoms with E-state index in [1.54, 1.807) is 0 Å². The van der Waals surface area contributed by atoms with Crippen LogP contribution in [-0.2, 0) is 4.79 Å². The van der Waals surface area contributed by atoms with Gasteiger partial charge in [-0.15, -0.1) is 0 Å². The second kappa shape index (κ2) is 2.54. The van der Waals surface area contributed by atoms with E-state index >= 15 is 0 Å². The molecule has 0 amide bonds. The maximum absolute atomic E-state index is 10.6. The van der Waals surface area contributed by atoms with Gasteiger partial charge >= 0.3 is 0 Å². The van der Waals surface area contributed by atoms with Crippen molar-refractivity contribution in [1.29, 1.82) is 0 Å². The highest BCUT2D eigenvalue weighted by atomic mass is 127. The van der Waals surface area contributed by atoms with Crippen LogP contribution in [0.2, 0.25) is 0 Å². The van der Waals surface area contributed by atoms with Crippen LogP contribution >= 0.6 is 22.6 Å². The molecule has 9 heavy (non-hydrogen) atoms. The van der Waals surface area contributed by atoms with Crippen molar-refractivity contribution in [2.75, 3.05) is 0 Å². The summed E-state index contributed by atoms with van der Waals surface area (Å²) < 4.78 is -0.592. The van der Waals surface area contributed by atoms with E-state index in [0.717, 1.165) is 0 Å². The van der Waals surface area contributed by atoms with E-state index in [0.29, 0.717) is 25.7 Å². The minimum absolute atomic E-state index is 0.288. The molecule has 3 heteroatoms. The number of Topliss-reactive ketones (excluding diaryl/α,β-unsaturated/α-hetero) is 1. The third-order valence-electron chi connectivity index (χ3n) is 1.57. The molecule has 1 N–H and O–H groups in total. The monoisotopic (exact) mass is 240 g/mol. The summed E-state index contributed by atoms with van der Waals surface area (Å²) in [5, 5.41) is 9.33. The molecule has 0 aromatic carbocycles. The lowest BCUT2D eigenvalue weighted by Gasteiger charge is -2.24. The number of rotatable bonds is 0. The lowest BCUT2D eigenvalue weighted by Crippen LogP contribution is -2.26. The maximum atomic E-state index is 10.6. The van der Waals surface area contributed by atoms with Crippen molar-refractivity contribution in [3.8, 4) is 0 Å². The van der Waals surface area contributed by atoms with Crippen molar-refractivity contribution in [2.45, 2.75) is 29.3 Å². The van der Waals surface area contributed by atoms with Crippen LogP contribution in [-0.4, -0.2) is 14.5 Å². The molecular formula is C6H9IO2. The van der Waals surface area contributed by atoms with Gasteiger partial charge < -0.3 is 5.11 Å². The Balaban J connectivity index is 2.44. The van der Waals surface area contributed by atoms with Crippen molar-refractivity contribution >= 4 is 28.4 Å². The lowest BCUT2D eigenvalue weighted by molar-refractivity contribution is -0.122. The zero-order valence-electron chi connectivity index (χ0n) is 5.06. The molecule has 1 fully saturated rings. The number of halogens is 1. The molecule has 0 spiro atoms. The van der Waals surface area contributed by atoms with Gasteiger partial charge in [0.1, 0.15) is 9.39 Å². The highest BCUT2D eigenvalue weighted by molar-refractivity contribution is 14.1. The maximum Gasteiger partial charge on any atom is 0.133 e. The van der Waals surface area contributed by atoms with Crippen LogP contribution in [0.5, 0.6) is 0 Å². The molecule has 1 rings (SSSR count). The van der Waals surface area contributed by atoms with Gasteiger partial charge in [0.15, 0.2) is 0 Å². The molecule has 0 bridgehead atoms.